The number of carbonyl (C=O) groups excluding carboxylic acids is 1. The molecule has 0 spiro atoms. The summed E-state index contributed by atoms with van der Waals surface area (Å²) >= 11 is 6.50. The number of nitrogens with one attached hydrogen (secondary N) is 2. The van der Waals surface area contributed by atoms with E-state index in [1.807, 2.05) is 30.3 Å². The SMILES string of the molecule is Cc1ccn(NCc2c(-c3ccccc3)nn(C)c2Cl)c(=O)c1CC(=O)NCc1cc(F)ccc1CN. The third-order valence-electron chi connectivity index (χ3n) is 6.17. The molecule has 0 bridgehead atoms. The van der Waals surface area contributed by atoms with Crippen LogP contribution in [0.25, 0.3) is 11.3 Å². The minimum Gasteiger partial charge on any atom is -0.352 e. The monoisotopic (exact) mass is 522 g/mol. The Balaban J connectivity index is 1.49. The average molecular weight is 523 g/mol. The number of halogens is 2. The van der Waals surface area contributed by atoms with Crippen molar-refractivity contribution in [2.45, 2.75) is 33.0 Å². The number of rotatable bonds is 9. The lowest BCUT2D eigenvalue weighted by Gasteiger charge is -2.14. The number of nitrogens with zero attached hydrogens (tertiary/aromatic N) is 3. The lowest BCUT2D eigenvalue weighted by Crippen LogP contribution is -2.34. The fraction of sp³-hybridized carbons (Fsp3) is 0.222. The van der Waals surface area contributed by atoms with Crippen LogP contribution in [0.15, 0.2) is 65.6 Å². The van der Waals surface area contributed by atoms with Crippen LogP contribution in [0.5, 0.6) is 0 Å². The number of nitrogens with two attached hydrogens (primary N) is 1. The molecule has 0 unspecified atom stereocenters. The predicted octanol–water partition coefficient (Wildman–Crippen LogP) is 3.41. The number of pyridine rings is 1. The maximum absolute atomic E-state index is 13.6. The van der Waals surface area contributed by atoms with E-state index in [2.05, 4.69) is 15.8 Å². The molecular weight excluding hydrogens is 495 g/mol. The second-order valence-electron chi connectivity index (χ2n) is 8.67. The van der Waals surface area contributed by atoms with Gasteiger partial charge < -0.3 is 16.5 Å². The molecule has 0 aliphatic rings. The fourth-order valence-corrected chi connectivity index (χ4v) is 4.27. The molecule has 4 rings (SSSR count). The van der Waals surface area contributed by atoms with Crippen molar-refractivity contribution in [2.75, 3.05) is 5.43 Å². The quantitative estimate of drug-likeness (QED) is 0.312. The molecule has 0 aliphatic heterocycles. The van der Waals surface area contributed by atoms with Crippen LogP contribution in [0.3, 0.4) is 0 Å². The second kappa shape index (κ2) is 11.4. The Labute approximate surface area is 218 Å². The van der Waals surface area contributed by atoms with E-state index < -0.39 is 5.82 Å². The molecule has 2 aromatic heterocycles. The molecule has 1 amide bonds. The van der Waals surface area contributed by atoms with Gasteiger partial charge in [0.15, 0.2) is 0 Å². The molecule has 37 heavy (non-hydrogen) atoms. The van der Waals surface area contributed by atoms with Crippen molar-refractivity contribution < 1.29 is 9.18 Å². The number of aromatic nitrogens is 3. The van der Waals surface area contributed by atoms with Crippen molar-refractivity contribution >= 4 is 17.5 Å². The molecule has 4 N–H and O–H groups in total. The van der Waals surface area contributed by atoms with Gasteiger partial charge in [-0.2, -0.15) is 5.10 Å². The van der Waals surface area contributed by atoms with Gasteiger partial charge in [0, 0.05) is 43.0 Å². The normalized spacial score (nSPS) is 10.9. The number of benzene rings is 2. The van der Waals surface area contributed by atoms with Crippen LogP contribution < -0.4 is 22.0 Å². The number of carbonyl (C=O) groups is 1. The maximum Gasteiger partial charge on any atom is 0.272 e. The average Bonchev–Trinajstić information content (AvgIpc) is 3.18. The summed E-state index contributed by atoms with van der Waals surface area (Å²) in [5.74, 6) is -0.759. The van der Waals surface area contributed by atoms with Gasteiger partial charge in [0.05, 0.1) is 18.7 Å². The summed E-state index contributed by atoms with van der Waals surface area (Å²) in [4.78, 5) is 25.9. The molecule has 2 heterocycles. The van der Waals surface area contributed by atoms with Crippen molar-refractivity contribution in [1.82, 2.24) is 19.8 Å². The van der Waals surface area contributed by atoms with Gasteiger partial charge in [-0.15, -0.1) is 0 Å². The Hall–Kier alpha value is -3.95. The molecule has 2 aromatic carbocycles. The van der Waals surface area contributed by atoms with Crippen molar-refractivity contribution in [3.05, 3.63) is 110 Å². The Kier molecular flexibility index (Phi) is 8.05. The van der Waals surface area contributed by atoms with Crippen LogP contribution in [0, 0.1) is 12.7 Å². The molecule has 0 aliphatic carbocycles. The van der Waals surface area contributed by atoms with E-state index >= 15 is 0 Å². The summed E-state index contributed by atoms with van der Waals surface area (Å²) in [5, 5.41) is 7.74. The third kappa shape index (κ3) is 5.90. The molecule has 192 valence electrons. The topological polar surface area (TPSA) is 107 Å². The highest BCUT2D eigenvalue weighted by Crippen LogP contribution is 2.28. The van der Waals surface area contributed by atoms with Crippen molar-refractivity contribution in [3.63, 3.8) is 0 Å². The summed E-state index contributed by atoms with van der Waals surface area (Å²) in [6.45, 7) is 2.36. The molecule has 0 saturated carbocycles. The molecule has 4 aromatic rings. The number of hydrogen-bond acceptors (Lipinski definition) is 5. The highest BCUT2D eigenvalue weighted by molar-refractivity contribution is 6.30. The van der Waals surface area contributed by atoms with Crippen LogP contribution >= 0.6 is 11.6 Å². The van der Waals surface area contributed by atoms with Gasteiger partial charge in [-0.05, 0) is 41.8 Å². The van der Waals surface area contributed by atoms with Crippen molar-refractivity contribution in [2.24, 2.45) is 12.8 Å². The smallest absolute Gasteiger partial charge is 0.272 e. The summed E-state index contributed by atoms with van der Waals surface area (Å²) in [6.07, 6.45) is 1.50. The minimum atomic E-state index is -0.404. The van der Waals surface area contributed by atoms with Gasteiger partial charge >= 0.3 is 0 Å². The van der Waals surface area contributed by atoms with Crippen LogP contribution in [0.4, 0.5) is 4.39 Å². The molecule has 10 heteroatoms. The van der Waals surface area contributed by atoms with Gasteiger partial charge in [0.1, 0.15) is 11.0 Å². The number of aryl methyl sites for hydroxylation is 2. The van der Waals surface area contributed by atoms with Crippen LogP contribution in [-0.2, 0) is 37.9 Å². The Morgan fingerprint density at radius 3 is 2.57 bits per heavy atom. The largest absolute Gasteiger partial charge is 0.352 e. The maximum atomic E-state index is 13.6. The van der Waals surface area contributed by atoms with E-state index in [0.717, 1.165) is 22.4 Å². The van der Waals surface area contributed by atoms with Gasteiger partial charge in [-0.1, -0.05) is 48.0 Å². The second-order valence-corrected chi connectivity index (χ2v) is 9.02. The van der Waals surface area contributed by atoms with Crippen molar-refractivity contribution in [1.29, 1.82) is 0 Å². The number of amides is 1. The first-order chi connectivity index (χ1) is 17.8. The van der Waals surface area contributed by atoms with Gasteiger partial charge in [0.25, 0.3) is 5.56 Å². The zero-order valence-electron chi connectivity index (χ0n) is 20.6. The molecule has 0 fully saturated rings. The number of hydrogen-bond donors (Lipinski definition) is 3. The fourth-order valence-electron chi connectivity index (χ4n) is 4.08. The van der Waals surface area contributed by atoms with E-state index in [0.29, 0.717) is 21.8 Å². The lowest BCUT2D eigenvalue weighted by molar-refractivity contribution is -0.120. The summed E-state index contributed by atoms with van der Waals surface area (Å²) in [6, 6.07) is 15.7. The van der Waals surface area contributed by atoms with E-state index in [4.69, 9.17) is 17.3 Å². The zero-order chi connectivity index (χ0) is 26.5. The molecular formula is C27H28ClFN6O2. The zero-order valence-corrected chi connectivity index (χ0v) is 21.3. The molecule has 0 atom stereocenters. The van der Waals surface area contributed by atoms with E-state index in [1.54, 1.807) is 37.0 Å². The Morgan fingerprint density at radius 1 is 1.08 bits per heavy atom. The highest BCUT2D eigenvalue weighted by Gasteiger charge is 2.17. The van der Waals surface area contributed by atoms with E-state index in [1.165, 1.54) is 16.8 Å². The summed E-state index contributed by atoms with van der Waals surface area (Å²) in [5.41, 5.74) is 13.2. The molecule has 0 radical (unpaired) electrons. The molecule has 8 nitrogen and oxygen atoms in total. The first kappa shape index (κ1) is 26.1. The lowest BCUT2D eigenvalue weighted by atomic mass is 10.1. The van der Waals surface area contributed by atoms with Gasteiger partial charge in [-0.25, -0.2) is 9.07 Å². The van der Waals surface area contributed by atoms with Crippen LogP contribution in [0.1, 0.15) is 27.8 Å². The first-order valence-electron chi connectivity index (χ1n) is 11.7. The predicted molar refractivity (Wildman–Crippen MR) is 142 cm³/mol. The van der Waals surface area contributed by atoms with Gasteiger partial charge in [0.2, 0.25) is 5.91 Å². The summed E-state index contributed by atoms with van der Waals surface area (Å²) in [7, 11) is 1.76. The Bertz CT molecular complexity index is 1480. The van der Waals surface area contributed by atoms with Crippen LogP contribution in [0.2, 0.25) is 5.15 Å². The standard InChI is InChI=1S/C27H28ClFN6O2/c1-17-10-11-35(32-16-23-25(33-34(2)26(23)28)18-6-4-3-5-7-18)27(37)22(17)13-24(36)31-15-20-12-21(29)9-8-19(20)14-30/h3-12,32H,13-16,30H2,1-2H3,(H,31,36). The van der Waals surface area contributed by atoms with Gasteiger partial charge in [-0.3, -0.25) is 14.3 Å². The molecule has 0 saturated heterocycles. The minimum absolute atomic E-state index is 0.114. The highest BCUT2D eigenvalue weighted by atomic mass is 35.5. The van der Waals surface area contributed by atoms with Crippen molar-refractivity contribution in [3.8, 4) is 11.3 Å². The third-order valence-corrected chi connectivity index (χ3v) is 6.64. The van der Waals surface area contributed by atoms with E-state index in [-0.39, 0.29) is 37.5 Å². The van der Waals surface area contributed by atoms with E-state index in [9.17, 15) is 14.0 Å². The van der Waals surface area contributed by atoms with Crippen LogP contribution in [-0.4, -0.2) is 20.4 Å². The summed E-state index contributed by atoms with van der Waals surface area (Å²) < 4.78 is 16.6. The first-order valence-corrected chi connectivity index (χ1v) is 12.1. The Morgan fingerprint density at radius 2 is 1.84 bits per heavy atom.